The second kappa shape index (κ2) is 7.37. The second-order valence-electron chi connectivity index (χ2n) is 6.28. The number of ether oxygens (including phenoxy) is 1. The summed E-state index contributed by atoms with van der Waals surface area (Å²) >= 11 is 1.54. The minimum Gasteiger partial charge on any atom is -0.484 e. The van der Waals surface area contributed by atoms with Gasteiger partial charge in [0.1, 0.15) is 17.6 Å². The first-order valence-electron chi connectivity index (χ1n) is 8.88. The van der Waals surface area contributed by atoms with Crippen molar-refractivity contribution in [1.29, 1.82) is 0 Å². The molecule has 0 unspecified atom stereocenters. The minimum absolute atomic E-state index is 0.0820. The van der Waals surface area contributed by atoms with E-state index in [0.29, 0.717) is 34.0 Å². The van der Waals surface area contributed by atoms with Crippen LogP contribution in [0.4, 0.5) is 0 Å². The van der Waals surface area contributed by atoms with Crippen molar-refractivity contribution in [2.24, 2.45) is 0 Å². The van der Waals surface area contributed by atoms with Crippen molar-refractivity contribution in [1.82, 2.24) is 10.1 Å². The molecule has 2 aromatic carbocycles. The fraction of sp³-hybridized carbons (Fsp3) is 0.0455. The average Bonchev–Trinajstić information content (AvgIpc) is 3.45. The lowest BCUT2D eigenvalue weighted by Crippen LogP contribution is -2.05. The normalized spacial score (nSPS) is 11.0. The van der Waals surface area contributed by atoms with Gasteiger partial charge in [0, 0.05) is 6.07 Å². The van der Waals surface area contributed by atoms with Gasteiger partial charge < -0.3 is 13.7 Å². The lowest BCUT2D eigenvalue weighted by atomic mass is 10.1. The van der Waals surface area contributed by atoms with Crippen molar-refractivity contribution in [3.8, 4) is 27.6 Å². The topological polar surface area (TPSA) is 78.4 Å². The largest absolute Gasteiger partial charge is 0.484 e. The predicted molar refractivity (Wildman–Crippen MR) is 110 cm³/mol. The van der Waals surface area contributed by atoms with E-state index < -0.39 is 0 Å². The first-order valence-corrected chi connectivity index (χ1v) is 9.76. The molecule has 0 atom stereocenters. The van der Waals surface area contributed by atoms with Crippen LogP contribution in [0.25, 0.3) is 32.8 Å². The third-order valence-corrected chi connectivity index (χ3v) is 5.27. The highest BCUT2D eigenvalue weighted by Gasteiger charge is 2.12. The van der Waals surface area contributed by atoms with Crippen molar-refractivity contribution in [3.05, 3.63) is 88.4 Å². The molecule has 0 aliphatic heterocycles. The number of nitrogens with zero attached hydrogens (tertiary/aromatic N) is 2. The van der Waals surface area contributed by atoms with Gasteiger partial charge in [0.05, 0.1) is 15.8 Å². The van der Waals surface area contributed by atoms with Gasteiger partial charge in [0.2, 0.25) is 5.82 Å². The maximum atomic E-state index is 12.8. The third-order valence-electron chi connectivity index (χ3n) is 4.40. The second-order valence-corrected chi connectivity index (χ2v) is 7.23. The van der Waals surface area contributed by atoms with Gasteiger partial charge in [-0.05, 0) is 29.1 Å². The first kappa shape index (κ1) is 17.4. The highest BCUT2D eigenvalue weighted by Crippen LogP contribution is 2.24. The van der Waals surface area contributed by atoms with Crippen LogP contribution in [0.1, 0.15) is 5.89 Å². The van der Waals surface area contributed by atoms with Crippen LogP contribution < -0.4 is 10.2 Å². The quantitative estimate of drug-likeness (QED) is 0.404. The highest BCUT2D eigenvalue weighted by atomic mass is 32.1. The molecule has 29 heavy (non-hydrogen) atoms. The number of benzene rings is 2. The van der Waals surface area contributed by atoms with Crippen LogP contribution in [-0.4, -0.2) is 10.1 Å². The van der Waals surface area contributed by atoms with E-state index in [1.807, 2.05) is 47.8 Å². The molecule has 0 amide bonds. The monoisotopic (exact) mass is 402 g/mol. The smallest absolute Gasteiger partial charge is 0.264 e. The Morgan fingerprint density at radius 1 is 1.03 bits per heavy atom. The number of rotatable bonds is 5. The third kappa shape index (κ3) is 3.43. The summed E-state index contributed by atoms with van der Waals surface area (Å²) in [6.45, 7) is 0.121. The van der Waals surface area contributed by atoms with Crippen LogP contribution in [0.15, 0.2) is 86.0 Å². The molecular formula is C22H14N2O4S. The number of aromatic nitrogens is 2. The molecule has 0 aliphatic rings. The Bertz CT molecular complexity index is 1320. The molecule has 0 saturated heterocycles. The number of hydrogen-bond donors (Lipinski definition) is 0. The number of fused-ring (bicyclic) bond motifs is 1. The molecule has 0 spiro atoms. The molecule has 0 aliphatic carbocycles. The molecule has 3 aromatic heterocycles. The summed E-state index contributed by atoms with van der Waals surface area (Å²) < 4.78 is 16.7. The molecule has 0 N–H and O–H groups in total. The zero-order valence-corrected chi connectivity index (χ0v) is 15.9. The first-order chi connectivity index (χ1) is 14.3. The summed E-state index contributed by atoms with van der Waals surface area (Å²) in [5.41, 5.74) is 1.72. The molecule has 5 rings (SSSR count). The van der Waals surface area contributed by atoms with Crippen molar-refractivity contribution in [2.45, 2.75) is 6.61 Å². The van der Waals surface area contributed by atoms with E-state index in [1.54, 1.807) is 18.2 Å². The van der Waals surface area contributed by atoms with Gasteiger partial charge >= 0.3 is 0 Å². The van der Waals surface area contributed by atoms with E-state index in [-0.39, 0.29) is 12.0 Å². The van der Waals surface area contributed by atoms with Crippen LogP contribution in [0.2, 0.25) is 0 Å². The Morgan fingerprint density at radius 3 is 2.76 bits per heavy atom. The van der Waals surface area contributed by atoms with Crippen molar-refractivity contribution >= 4 is 22.3 Å². The van der Waals surface area contributed by atoms with Crippen molar-refractivity contribution in [3.63, 3.8) is 0 Å². The maximum Gasteiger partial charge on any atom is 0.264 e. The van der Waals surface area contributed by atoms with Crippen LogP contribution in [-0.2, 0) is 6.61 Å². The standard InChI is InChI=1S/C22H14N2O4S/c25-21-16-9-8-15(11-18(16)27-12-17(21)14-5-2-1-3-6-14)26-13-20-23-22(24-28-20)19-7-4-10-29-19/h1-12H,13H2. The summed E-state index contributed by atoms with van der Waals surface area (Å²) in [4.78, 5) is 18.1. The Hall–Kier alpha value is -3.71. The zero-order valence-electron chi connectivity index (χ0n) is 15.1. The van der Waals surface area contributed by atoms with E-state index in [0.717, 1.165) is 10.4 Å². The molecule has 0 radical (unpaired) electrons. The van der Waals surface area contributed by atoms with Crippen molar-refractivity contribution < 1.29 is 13.7 Å². The SMILES string of the molecule is O=c1c(-c2ccccc2)coc2cc(OCc3nc(-c4cccs4)no3)ccc12. The van der Waals surface area contributed by atoms with Gasteiger partial charge in [-0.2, -0.15) is 4.98 Å². The summed E-state index contributed by atoms with van der Waals surface area (Å²) in [6, 6.07) is 18.4. The van der Waals surface area contributed by atoms with E-state index in [1.165, 1.54) is 17.6 Å². The molecule has 0 fully saturated rings. The zero-order chi connectivity index (χ0) is 19.6. The summed E-state index contributed by atoms with van der Waals surface area (Å²) in [5, 5.41) is 6.40. The van der Waals surface area contributed by atoms with Crippen LogP contribution in [0, 0.1) is 0 Å². The van der Waals surface area contributed by atoms with Crippen LogP contribution in [0.5, 0.6) is 5.75 Å². The fourth-order valence-corrected chi connectivity index (χ4v) is 3.63. The molecule has 0 bridgehead atoms. The Balaban J connectivity index is 1.37. The summed E-state index contributed by atoms with van der Waals surface area (Å²) in [5.74, 6) is 1.45. The Labute approximate surface area is 169 Å². The highest BCUT2D eigenvalue weighted by molar-refractivity contribution is 7.13. The van der Waals surface area contributed by atoms with Gasteiger partial charge in [0.25, 0.3) is 5.89 Å². The Kier molecular flexibility index (Phi) is 4.42. The van der Waals surface area contributed by atoms with Crippen molar-refractivity contribution in [2.75, 3.05) is 0 Å². The van der Waals surface area contributed by atoms with Gasteiger partial charge in [-0.25, -0.2) is 0 Å². The van der Waals surface area contributed by atoms with Gasteiger partial charge in [0.15, 0.2) is 12.0 Å². The maximum absolute atomic E-state index is 12.8. The average molecular weight is 402 g/mol. The van der Waals surface area contributed by atoms with Gasteiger partial charge in [-0.3, -0.25) is 4.79 Å². The number of hydrogen-bond acceptors (Lipinski definition) is 7. The lowest BCUT2D eigenvalue weighted by molar-refractivity contribution is 0.243. The molecule has 3 heterocycles. The molecule has 7 heteroatoms. The summed E-state index contributed by atoms with van der Waals surface area (Å²) in [7, 11) is 0. The van der Waals surface area contributed by atoms with Gasteiger partial charge in [-0.15, -0.1) is 11.3 Å². The van der Waals surface area contributed by atoms with E-state index >= 15 is 0 Å². The molecule has 0 saturated carbocycles. The Morgan fingerprint density at radius 2 is 1.93 bits per heavy atom. The van der Waals surface area contributed by atoms with Crippen LogP contribution in [0.3, 0.4) is 0 Å². The molecule has 142 valence electrons. The van der Waals surface area contributed by atoms with E-state index in [9.17, 15) is 4.79 Å². The predicted octanol–water partition coefficient (Wildman–Crippen LogP) is 5.15. The van der Waals surface area contributed by atoms with Gasteiger partial charge in [-0.1, -0.05) is 41.6 Å². The molecule has 5 aromatic rings. The molecule has 6 nitrogen and oxygen atoms in total. The fourth-order valence-electron chi connectivity index (χ4n) is 2.98. The minimum atomic E-state index is -0.0820. The van der Waals surface area contributed by atoms with E-state index in [2.05, 4.69) is 10.1 Å². The summed E-state index contributed by atoms with van der Waals surface area (Å²) in [6.07, 6.45) is 1.48. The number of thiophene rings is 1. The lowest BCUT2D eigenvalue weighted by Gasteiger charge is -2.06. The molecular weight excluding hydrogens is 388 g/mol. The van der Waals surface area contributed by atoms with E-state index in [4.69, 9.17) is 13.7 Å². The van der Waals surface area contributed by atoms with Crippen LogP contribution >= 0.6 is 11.3 Å².